The number of aryl methyl sites for hydroxylation is 3. The minimum atomic E-state index is -0.00681. The molecule has 3 aromatic rings. The van der Waals surface area contributed by atoms with Gasteiger partial charge in [-0.3, -0.25) is 4.79 Å². The van der Waals surface area contributed by atoms with Crippen LogP contribution in [0, 0.1) is 13.8 Å². The molecular formula is C21H24N4O2. The average Bonchev–Trinajstić information content (AvgIpc) is 3.40. The van der Waals surface area contributed by atoms with Crippen LogP contribution in [0.5, 0.6) is 5.75 Å². The van der Waals surface area contributed by atoms with Crippen molar-refractivity contribution in [1.29, 1.82) is 0 Å². The molecule has 0 aliphatic heterocycles. The Morgan fingerprint density at radius 2 is 1.93 bits per heavy atom. The van der Waals surface area contributed by atoms with E-state index in [0.29, 0.717) is 18.2 Å². The number of hydrogen-bond acceptors (Lipinski definition) is 4. The maximum absolute atomic E-state index is 12.0. The van der Waals surface area contributed by atoms with Crippen LogP contribution in [0.3, 0.4) is 0 Å². The standard InChI is InChI=1S/C21H24N4O2/c1-14-12-19-20(13-15(14)2)25(24-23-19)10-3-11-27-18-8-4-16(5-9-18)21(26)22-17-6-7-17/h4-5,8-9,12-13,17H,3,6-7,10-11H2,1-2H3,(H,22,26). The first-order chi connectivity index (χ1) is 13.1. The molecule has 1 saturated carbocycles. The fourth-order valence-electron chi connectivity index (χ4n) is 2.99. The van der Waals surface area contributed by atoms with E-state index in [1.54, 1.807) is 0 Å². The van der Waals surface area contributed by atoms with E-state index < -0.39 is 0 Å². The van der Waals surface area contributed by atoms with Gasteiger partial charge in [-0.15, -0.1) is 5.10 Å². The molecule has 0 unspecified atom stereocenters. The van der Waals surface area contributed by atoms with Crippen LogP contribution in [0.1, 0.15) is 40.7 Å². The zero-order valence-corrected chi connectivity index (χ0v) is 15.7. The molecule has 1 amide bonds. The van der Waals surface area contributed by atoms with Crippen LogP contribution < -0.4 is 10.1 Å². The number of fused-ring (bicyclic) bond motifs is 1. The molecule has 6 nitrogen and oxygen atoms in total. The molecule has 1 aliphatic rings. The van der Waals surface area contributed by atoms with Crippen molar-refractivity contribution >= 4 is 16.9 Å². The predicted molar refractivity (Wildman–Crippen MR) is 104 cm³/mol. The van der Waals surface area contributed by atoms with Gasteiger partial charge in [0.15, 0.2) is 0 Å². The van der Waals surface area contributed by atoms with Gasteiger partial charge in [0.05, 0.1) is 12.1 Å². The van der Waals surface area contributed by atoms with Crippen molar-refractivity contribution in [3.63, 3.8) is 0 Å². The highest BCUT2D eigenvalue weighted by Crippen LogP contribution is 2.20. The van der Waals surface area contributed by atoms with Gasteiger partial charge in [0, 0.05) is 24.6 Å². The van der Waals surface area contributed by atoms with Crippen LogP contribution in [-0.2, 0) is 6.54 Å². The fraction of sp³-hybridized carbons (Fsp3) is 0.381. The van der Waals surface area contributed by atoms with Crippen molar-refractivity contribution in [2.45, 2.75) is 45.7 Å². The van der Waals surface area contributed by atoms with Gasteiger partial charge >= 0.3 is 0 Å². The van der Waals surface area contributed by atoms with Crippen LogP contribution in [0.4, 0.5) is 0 Å². The Morgan fingerprint density at radius 3 is 2.67 bits per heavy atom. The molecule has 1 heterocycles. The number of carbonyl (C=O) groups excluding carboxylic acids is 1. The van der Waals surface area contributed by atoms with Crippen molar-refractivity contribution in [3.05, 3.63) is 53.1 Å². The van der Waals surface area contributed by atoms with Gasteiger partial charge < -0.3 is 10.1 Å². The number of ether oxygens (including phenoxy) is 1. The summed E-state index contributed by atoms with van der Waals surface area (Å²) in [4.78, 5) is 12.0. The normalized spacial score (nSPS) is 13.7. The van der Waals surface area contributed by atoms with E-state index >= 15 is 0 Å². The topological polar surface area (TPSA) is 69.0 Å². The monoisotopic (exact) mass is 364 g/mol. The molecule has 140 valence electrons. The number of carbonyl (C=O) groups is 1. The molecule has 0 saturated heterocycles. The van der Waals surface area contributed by atoms with Crippen molar-refractivity contribution in [2.75, 3.05) is 6.61 Å². The summed E-state index contributed by atoms with van der Waals surface area (Å²) >= 11 is 0. The van der Waals surface area contributed by atoms with E-state index in [1.807, 2.05) is 28.9 Å². The van der Waals surface area contributed by atoms with E-state index in [9.17, 15) is 4.79 Å². The van der Waals surface area contributed by atoms with E-state index in [-0.39, 0.29) is 5.91 Å². The molecule has 1 N–H and O–H groups in total. The molecule has 4 rings (SSSR count). The Kier molecular flexibility index (Phi) is 4.79. The van der Waals surface area contributed by atoms with Gasteiger partial charge in [-0.1, -0.05) is 5.21 Å². The minimum absolute atomic E-state index is 0.00681. The van der Waals surface area contributed by atoms with E-state index in [0.717, 1.165) is 42.6 Å². The lowest BCUT2D eigenvalue weighted by molar-refractivity contribution is 0.0951. The quantitative estimate of drug-likeness (QED) is 0.652. The van der Waals surface area contributed by atoms with Crippen molar-refractivity contribution in [1.82, 2.24) is 20.3 Å². The summed E-state index contributed by atoms with van der Waals surface area (Å²) in [6, 6.07) is 11.9. The van der Waals surface area contributed by atoms with E-state index in [4.69, 9.17) is 4.74 Å². The van der Waals surface area contributed by atoms with Crippen molar-refractivity contribution in [3.8, 4) is 5.75 Å². The first-order valence-electron chi connectivity index (χ1n) is 9.44. The number of benzene rings is 2. The van der Waals surface area contributed by atoms with Gasteiger partial charge in [-0.25, -0.2) is 4.68 Å². The van der Waals surface area contributed by atoms with Crippen LogP contribution >= 0.6 is 0 Å². The Bertz CT molecular complexity index is 958. The molecule has 6 heteroatoms. The summed E-state index contributed by atoms with van der Waals surface area (Å²) in [5.74, 6) is 0.764. The Balaban J connectivity index is 1.28. The third-order valence-electron chi connectivity index (χ3n) is 4.94. The number of hydrogen-bond donors (Lipinski definition) is 1. The lowest BCUT2D eigenvalue weighted by atomic mass is 10.1. The molecule has 2 aromatic carbocycles. The summed E-state index contributed by atoms with van der Waals surface area (Å²) in [6.45, 7) is 5.52. The lowest BCUT2D eigenvalue weighted by Gasteiger charge is -2.08. The molecule has 0 bridgehead atoms. The lowest BCUT2D eigenvalue weighted by Crippen LogP contribution is -2.25. The second-order valence-electron chi connectivity index (χ2n) is 7.21. The third-order valence-corrected chi connectivity index (χ3v) is 4.94. The Morgan fingerprint density at radius 1 is 1.19 bits per heavy atom. The van der Waals surface area contributed by atoms with Gasteiger partial charge in [0.2, 0.25) is 0 Å². The number of nitrogens with zero attached hydrogens (tertiary/aromatic N) is 3. The maximum atomic E-state index is 12.0. The molecule has 0 atom stereocenters. The van der Waals surface area contributed by atoms with Crippen molar-refractivity contribution < 1.29 is 9.53 Å². The number of amides is 1. The average molecular weight is 364 g/mol. The maximum Gasteiger partial charge on any atom is 0.251 e. The van der Waals surface area contributed by atoms with Crippen LogP contribution in [0.15, 0.2) is 36.4 Å². The van der Waals surface area contributed by atoms with E-state index in [1.165, 1.54) is 11.1 Å². The molecule has 1 fully saturated rings. The highest BCUT2D eigenvalue weighted by Gasteiger charge is 2.23. The number of rotatable bonds is 7. The first-order valence-corrected chi connectivity index (χ1v) is 9.44. The summed E-state index contributed by atoms with van der Waals surface area (Å²) in [6.07, 6.45) is 3.01. The highest BCUT2D eigenvalue weighted by atomic mass is 16.5. The van der Waals surface area contributed by atoms with Gasteiger partial charge in [0.25, 0.3) is 5.91 Å². The SMILES string of the molecule is Cc1cc2nnn(CCCOc3ccc(C(=O)NC4CC4)cc3)c2cc1C. The molecule has 0 spiro atoms. The molecular weight excluding hydrogens is 340 g/mol. The number of nitrogens with one attached hydrogen (secondary N) is 1. The van der Waals surface area contributed by atoms with E-state index in [2.05, 4.69) is 41.6 Å². The highest BCUT2D eigenvalue weighted by molar-refractivity contribution is 5.94. The minimum Gasteiger partial charge on any atom is -0.494 e. The molecule has 0 radical (unpaired) electrons. The van der Waals surface area contributed by atoms with Gasteiger partial charge in [-0.05, 0) is 74.2 Å². The Hall–Kier alpha value is -2.89. The summed E-state index contributed by atoms with van der Waals surface area (Å²) in [5.41, 5.74) is 5.14. The third kappa shape index (κ3) is 4.10. The largest absolute Gasteiger partial charge is 0.494 e. The zero-order valence-electron chi connectivity index (χ0n) is 15.7. The second kappa shape index (κ2) is 7.39. The summed E-state index contributed by atoms with van der Waals surface area (Å²) in [5, 5.41) is 11.5. The van der Waals surface area contributed by atoms with Gasteiger partial charge in [0.1, 0.15) is 11.3 Å². The van der Waals surface area contributed by atoms with Crippen LogP contribution in [0.2, 0.25) is 0 Å². The summed E-state index contributed by atoms with van der Waals surface area (Å²) < 4.78 is 7.72. The van der Waals surface area contributed by atoms with Crippen LogP contribution in [-0.4, -0.2) is 33.5 Å². The fourth-order valence-corrected chi connectivity index (χ4v) is 2.99. The van der Waals surface area contributed by atoms with Crippen LogP contribution in [0.25, 0.3) is 11.0 Å². The second-order valence-corrected chi connectivity index (χ2v) is 7.21. The molecule has 1 aromatic heterocycles. The smallest absolute Gasteiger partial charge is 0.251 e. The molecule has 27 heavy (non-hydrogen) atoms. The summed E-state index contributed by atoms with van der Waals surface area (Å²) in [7, 11) is 0. The predicted octanol–water partition coefficient (Wildman–Crippen LogP) is 3.41. The molecule has 1 aliphatic carbocycles. The Labute approximate surface area is 158 Å². The number of aromatic nitrogens is 3. The van der Waals surface area contributed by atoms with Gasteiger partial charge in [-0.2, -0.15) is 0 Å². The van der Waals surface area contributed by atoms with Crippen molar-refractivity contribution in [2.24, 2.45) is 0 Å². The first kappa shape index (κ1) is 17.5. The zero-order chi connectivity index (χ0) is 18.8.